The third-order valence-electron chi connectivity index (χ3n) is 4.07. The fourth-order valence-corrected chi connectivity index (χ4v) is 2.41. The van der Waals surface area contributed by atoms with Crippen LogP contribution in [0.25, 0.3) is 0 Å². The summed E-state index contributed by atoms with van der Waals surface area (Å²) in [6.07, 6.45) is 3.91. The standard InChI is InChI=1S/C18H29NO2/c1-5-7-12-19(15(3)6-2)14-17-11-9-8-10-16(17)13-18(20)21-4/h8-11,15H,5-7,12-14H2,1-4H3. The average Bonchev–Trinajstić information content (AvgIpc) is 2.51. The van der Waals surface area contributed by atoms with Crippen LogP contribution in [0.1, 0.15) is 51.2 Å². The fraction of sp³-hybridized carbons (Fsp3) is 0.611. The van der Waals surface area contributed by atoms with E-state index in [1.807, 2.05) is 18.2 Å². The number of rotatable bonds is 9. The molecule has 0 spiro atoms. The van der Waals surface area contributed by atoms with Gasteiger partial charge in [-0.3, -0.25) is 9.69 Å². The molecule has 1 atom stereocenters. The van der Waals surface area contributed by atoms with E-state index < -0.39 is 0 Å². The Bertz CT molecular complexity index is 431. The molecular formula is C18H29NO2. The second-order valence-corrected chi connectivity index (χ2v) is 5.60. The number of esters is 1. The molecule has 0 amide bonds. The number of hydrogen-bond acceptors (Lipinski definition) is 3. The second kappa shape index (κ2) is 9.56. The van der Waals surface area contributed by atoms with E-state index in [1.165, 1.54) is 25.5 Å². The third-order valence-corrected chi connectivity index (χ3v) is 4.07. The highest BCUT2D eigenvalue weighted by molar-refractivity contribution is 5.72. The zero-order valence-electron chi connectivity index (χ0n) is 13.9. The van der Waals surface area contributed by atoms with E-state index >= 15 is 0 Å². The van der Waals surface area contributed by atoms with Crippen LogP contribution in [0.15, 0.2) is 24.3 Å². The number of benzene rings is 1. The molecule has 0 radical (unpaired) electrons. The number of ether oxygens (including phenoxy) is 1. The van der Waals surface area contributed by atoms with Crippen molar-refractivity contribution >= 4 is 5.97 Å². The molecule has 0 aliphatic heterocycles. The van der Waals surface area contributed by atoms with Gasteiger partial charge in [0.15, 0.2) is 0 Å². The molecule has 1 rings (SSSR count). The first-order chi connectivity index (χ1) is 10.1. The van der Waals surface area contributed by atoms with Crippen molar-refractivity contribution in [3.8, 4) is 0 Å². The quantitative estimate of drug-likeness (QED) is 0.648. The summed E-state index contributed by atoms with van der Waals surface area (Å²) in [5.74, 6) is -0.175. The molecule has 0 bridgehead atoms. The molecule has 21 heavy (non-hydrogen) atoms. The zero-order valence-corrected chi connectivity index (χ0v) is 13.9. The van der Waals surface area contributed by atoms with Crippen LogP contribution in [0.4, 0.5) is 0 Å². The van der Waals surface area contributed by atoms with Gasteiger partial charge in [0.1, 0.15) is 0 Å². The van der Waals surface area contributed by atoms with Crippen LogP contribution in [0.2, 0.25) is 0 Å². The first kappa shape index (κ1) is 17.7. The van der Waals surface area contributed by atoms with Crippen molar-refractivity contribution in [3.05, 3.63) is 35.4 Å². The summed E-state index contributed by atoms with van der Waals surface area (Å²) in [5, 5.41) is 0. The molecule has 1 aromatic carbocycles. The Kier molecular flexibility index (Phi) is 8.06. The first-order valence-corrected chi connectivity index (χ1v) is 7.99. The Morgan fingerprint density at radius 1 is 1.24 bits per heavy atom. The zero-order chi connectivity index (χ0) is 15.7. The van der Waals surface area contributed by atoms with Gasteiger partial charge in [-0.05, 0) is 37.4 Å². The van der Waals surface area contributed by atoms with E-state index in [4.69, 9.17) is 4.74 Å². The molecule has 118 valence electrons. The summed E-state index contributed by atoms with van der Waals surface area (Å²) in [6, 6.07) is 8.75. The Morgan fingerprint density at radius 3 is 2.48 bits per heavy atom. The van der Waals surface area contributed by atoms with Crippen LogP contribution >= 0.6 is 0 Å². The fourth-order valence-electron chi connectivity index (χ4n) is 2.41. The normalized spacial score (nSPS) is 12.4. The van der Waals surface area contributed by atoms with Crippen molar-refractivity contribution in [2.75, 3.05) is 13.7 Å². The number of methoxy groups -OCH3 is 1. The van der Waals surface area contributed by atoms with Crippen molar-refractivity contribution in [1.29, 1.82) is 0 Å². The van der Waals surface area contributed by atoms with Gasteiger partial charge >= 0.3 is 5.97 Å². The molecule has 0 N–H and O–H groups in total. The maximum absolute atomic E-state index is 11.5. The lowest BCUT2D eigenvalue weighted by molar-refractivity contribution is -0.139. The average molecular weight is 291 g/mol. The second-order valence-electron chi connectivity index (χ2n) is 5.60. The van der Waals surface area contributed by atoms with E-state index in [0.29, 0.717) is 12.5 Å². The van der Waals surface area contributed by atoms with Crippen molar-refractivity contribution in [2.24, 2.45) is 0 Å². The molecule has 3 heteroatoms. The van der Waals surface area contributed by atoms with Crippen LogP contribution < -0.4 is 0 Å². The molecular weight excluding hydrogens is 262 g/mol. The highest BCUT2D eigenvalue weighted by Crippen LogP contribution is 2.16. The Balaban J connectivity index is 2.84. The van der Waals surface area contributed by atoms with Crippen molar-refractivity contribution in [1.82, 2.24) is 4.90 Å². The summed E-state index contributed by atoms with van der Waals surface area (Å²) in [6.45, 7) is 8.74. The molecule has 0 aliphatic carbocycles. The highest BCUT2D eigenvalue weighted by Gasteiger charge is 2.15. The topological polar surface area (TPSA) is 29.5 Å². The number of hydrogen-bond donors (Lipinski definition) is 0. The number of carbonyl (C=O) groups is 1. The molecule has 1 aromatic rings. The molecule has 0 saturated carbocycles. The van der Waals surface area contributed by atoms with E-state index in [9.17, 15) is 4.79 Å². The predicted molar refractivity (Wildman–Crippen MR) is 87.2 cm³/mol. The van der Waals surface area contributed by atoms with Gasteiger partial charge < -0.3 is 4.74 Å². The maximum atomic E-state index is 11.5. The van der Waals surface area contributed by atoms with E-state index in [1.54, 1.807) is 0 Å². The summed E-state index contributed by atoms with van der Waals surface area (Å²) in [5.41, 5.74) is 2.31. The van der Waals surface area contributed by atoms with Crippen LogP contribution in [0.3, 0.4) is 0 Å². The molecule has 0 fully saturated rings. The molecule has 1 unspecified atom stereocenters. The maximum Gasteiger partial charge on any atom is 0.309 e. The summed E-state index contributed by atoms with van der Waals surface area (Å²) >= 11 is 0. The Labute approximate surface area is 129 Å². The van der Waals surface area contributed by atoms with Gasteiger partial charge in [0, 0.05) is 12.6 Å². The summed E-state index contributed by atoms with van der Waals surface area (Å²) < 4.78 is 4.80. The molecule has 0 aromatic heterocycles. The lowest BCUT2D eigenvalue weighted by atomic mass is 10.0. The van der Waals surface area contributed by atoms with E-state index in [-0.39, 0.29) is 5.97 Å². The van der Waals surface area contributed by atoms with Crippen molar-refractivity contribution in [3.63, 3.8) is 0 Å². The van der Waals surface area contributed by atoms with Crippen LogP contribution in [-0.4, -0.2) is 30.6 Å². The number of nitrogens with zero attached hydrogens (tertiary/aromatic N) is 1. The number of unbranched alkanes of at least 4 members (excludes halogenated alkanes) is 1. The van der Waals surface area contributed by atoms with Gasteiger partial charge in [-0.2, -0.15) is 0 Å². The van der Waals surface area contributed by atoms with Gasteiger partial charge in [0.2, 0.25) is 0 Å². The minimum atomic E-state index is -0.175. The highest BCUT2D eigenvalue weighted by atomic mass is 16.5. The van der Waals surface area contributed by atoms with Crippen LogP contribution in [0.5, 0.6) is 0 Å². The Hall–Kier alpha value is -1.35. The number of carbonyl (C=O) groups excluding carboxylic acids is 1. The van der Waals surface area contributed by atoms with Crippen LogP contribution in [-0.2, 0) is 22.5 Å². The minimum absolute atomic E-state index is 0.175. The molecule has 3 nitrogen and oxygen atoms in total. The van der Waals surface area contributed by atoms with Crippen LogP contribution in [0, 0.1) is 0 Å². The lowest BCUT2D eigenvalue weighted by Crippen LogP contribution is -2.33. The third kappa shape index (κ3) is 5.88. The van der Waals surface area contributed by atoms with Gasteiger partial charge in [-0.25, -0.2) is 0 Å². The monoisotopic (exact) mass is 291 g/mol. The van der Waals surface area contributed by atoms with Crippen molar-refractivity contribution in [2.45, 2.75) is 59.0 Å². The van der Waals surface area contributed by atoms with Crippen molar-refractivity contribution < 1.29 is 9.53 Å². The SMILES string of the molecule is CCCCN(Cc1ccccc1CC(=O)OC)C(C)CC. The predicted octanol–water partition coefficient (Wildman–Crippen LogP) is 3.80. The molecule has 0 aliphatic rings. The smallest absolute Gasteiger partial charge is 0.309 e. The summed E-state index contributed by atoms with van der Waals surface area (Å²) in [4.78, 5) is 14.1. The Morgan fingerprint density at radius 2 is 1.90 bits per heavy atom. The first-order valence-electron chi connectivity index (χ1n) is 7.99. The van der Waals surface area contributed by atoms with E-state index in [2.05, 4.69) is 31.7 Å². The molecule has 0 heterocycles. The summed E-state index contributed by atoms with van der Waals surface area (Å²) in [7, 11) is 1.44. The van der Waals surface area contributed by atoms with Gasteiger partial charge in [0.25, 0.3) is 0 Å². The largest absolute Gasteiger partial charge is 0.469 e. The van der Waals surface area contributed by atoms with Gasteiger partial charge in [0.05, 0.1) is 13.5 Å². The minimum Gasteiger partial charge on any atom is -0.469 e. The van der Waals surface area contributed by atoms with Gasteiger partial charge in [-0.1, -0.05) is 44.5 Å². The lowest BCUT2D eigenvalue weighted by Gasteiger charge is -2.29. The van der Waals surface area contributed by atoms with E-state index in [0.717, 1.165) is 25.1 Å². The molecule has 0 saturated heterocycles. The van der Waals surface area contributed by atoms with Gasteiger partial charge in [-0.15, -0.1) is 0 Å².